The van der Waals surface area contributed by atoms with E-state index in [0.717, 1.165) is 44.4 Å². The van der Waals surface area contributed by atoms with Crippen LogP contribution in [-0.2, 0) is 11.3 Å². The maximum absolute atomic E-state index is 11.5. The molecule has 1 aliphatic carbocycles. The first-order chi connectivity index (χ1) is 12.7. The number of hydrogen-bond acceptors (Lipinski definition) is 3. The fourth-order valence-corrected chi connectivity index (χ4v) is 4.40. The molecule has 1 amide bonds. The molecule has 2 saturated heterocycles. The second kappa shape index (κ2) is 7.17. The van der Waals surface area contributed by atoms with Gasteiger partial charge in [0, 0.05) is 45.5 Å². The molecule has 2 heterocycles. The summed E-state index contributed by atoms with van der Waals surface area (Å²) in [7, 11) is 1.87. The number of amides is 1. The number of nitrogens with zero attached hydrogens (tertiary/aromatic N) is 3. The second-order valence-corrected chi connectivity index (χ2v) is 7.86. The summed E-state index contributed by atoms with van der Waals surface area (Å²) in [6, 6.07) is 8.49. The SMILES string of the molecule is CN=C(NCc1ccc(N2CCNC(=O)C2)cc1)N1CCC2(CCC2)C1. The first kappa shape index (κ1) is 17.2. The quantitative estimate of drug-likeness (QED) is 0.638. The highest BCUT2D eigenvalue weighted by Crippen LogP contribution is 2.47. The van der Waals surface area contributed by atoms with Gasteiger partial charge >= 0.3 is 0 Å². The molecule has 26 heavy (non-hydrogen) atoms. The molecule has 1 spiro atoms. The lowest BCUT2D eigenvalue weighted by Crippen LogP contribution is -2.47. The van der Waals surface area contributed by atoms with Crippen molar-refractivity contribution in [3.8, 4) is 0 Å². The summed E-state index contributed by atoms with van der Waals surface area (Å²) in [5, 5.41) is 6.38. The molecule has 4 rings (SSSR count). The van der Waals surface area contributed by atoms with Gasteiger partial charge in [-0.2, -0.15) is 0 Å². The van der Waals surface area contributed by atoms with Crippen LogP contribution in [0.15, 0.2) is 29.3 Å². The Morgan fingerprint density at radius 1 is 1.23 bits per heavy atom. The molecule has 3 aliphatic rings. The van der Waals surface area contributed by atoms with E-state index in [1.807, 2.05) is 7.05 Å². The first-order valence-electron chi connectivity index (χ1n) is 9.74. The third-order valence-corrected chi connectivity index (χ3v) is 6.15. The summed E-state index contributed by atoms with van der Waals surface area (Å²) in [5.74, 6) is 1.12. The molecular weight excluding hydrogens is 326 g/mol. The van der Waals surface area contributed by atoms with Gasteiger partial charge in [-0.3, -0.25) is 9.79 Å². The predicted octanol–water partition coefficient (Wildman–Crippen LogP) is 1.57. The molecule has 0 radical (unpaired) electrons. The van der Waals surface area contributed by atoms with Crippen LogP contribution >= 0.6 is 0 Å². The van der Waals surface area contributed by atoms with Crippen molar-refractivity contribution in [2.75, 3.05) is 44.7 Å². The average molecular weight is 355 g/mol. The molecule has 3 fully saturated rings. The molecule has 2 aliphatic heterocycles. The Morgan fingerprint density at radius 3 is 2.65 bits per heavy atom. The molecule has 0 atom stereocenters. The lowest BCUT2D eigenvalue weighted by Gasteiger charge is -2.38. The number of rotatable bonds is 3. The van der Waals surface area contributed by atoms with Crippen molar-refractivity contribution in [1.82, 2.24) is 15.5 Å². The lowest BCUT2D eigenvalue weighted by molar-refractivity contribution is -0.120. The number of carbonyl (C=O) groups is 1. The van der Waals surface area contributed by atoms with Gasteiger partial charge in [0.25, 0.3) is 0 Å². The van der Waals surface area contributed by atoms with E-state index in [4.69, 9.17) is 0 Å². The van der Waals surface area contributed by atoms with Gasteiger partial charge in [0.1, 0.15) is 0 Å². The van der Waals surface area contributed by atoms with Gasteiger partial charge in [-0.15, -0.1) is 0 Å². The molecule has 1 aromatic carbocycles. The maximum atomic E-state index is 11.5. The summed E-state index contributed by atoms with van der Waals surface area (Å²) in [6.07, 6.45) is 5.48. The molecular formula is C20H29N5O. The number of hydrogen-bond donors (Lipinski definition) is 2. The maximum Gasteiger partial charge on any atom is 0.239 e. The number of carbonyl (C=O) groups excluding carboxylic acids is 1. The zero-order valence-corrected chi connectivity index (χ0v) is 15.6. The van der Waals surface area contributed by atoms with Crippen LogP contribution in [0.1, 0.15) is 31.2 Å². The fourth-order valence-electron chi connectivity index (χ4n) is 4.40. The van der Waals surface area contributed by atoms with Gasteiger partial charge in [-0.1, -0.05) is 18.6 Å². The Hall–Kier alpha value is -2.24. The number of benzene rings is 1. The normalized spacial score (nSPS) is 22.3. The summed E-state index contributed by atoms with van der Waals surface area (Å²) in [4.78, 5) is 20.6. The largest absolute Gasteiger partial charge is 0.360 e. The summed E-state index contributed by atoms with van der Waals surface area (Å²) >= 11 is 0. The number of nitrogens with one attached hydrogen (secondary N) is 2. The third kappa shape index (κ3) is 3.50. The van der Waals surface area contributed by atoms with Gasteiger partial charge in [0.15, 0.2) is 5.96 Å². The Bertz CT molecular complexity index is 680. The Kier molecular flexibility index (Phi) is 4.74. The van der Waals surface area contributed by atoms with E-state index in [2.05, 4.69) is 49.7 Å². The standard InChI is InChI=1S/C20H29N5O/c1-21-19(25-11-9-20(15-25)7-2-8-20)23-13-16-3-5-17(6-4-16)24-12-10-22-18(26)14-24/h3-6H,2,7-15H2,1H3,(H,21,23)(H,22,26). The summed E-state index contributed by atoms with van der Waals surface area (Å²) < 4.78 is 0. The molecule has 1 saturated carbocycles. The number of likely N-dealkylation sites (tertiary alicyclic amines) is 1. The van der Waals surface area contributed by atoms with Gasteiger partial charge < -0.3 is 20.4 Å². The fraction of sp³-hybridized carbons (Fsp3) is 0.600. The van der Waals surface area contributed by atoms with Crippen LogP contribution in [0.4, 0.5) is 5.69 Å². The van der Waals surface area contributed by atoms with Crippen molar-refractivity contribution in [2.24, 2.45) is 10.4 Å². The van der Waals surface area contributed by atoms with Crippen molar-refractivity contribution in [1.29, 1.82) is 0 Å². The van der Waals surface area contributed by atoms with Gasteiger partial charge in [0.05, 0.1) is 6.54 Å². The van der Waals surface area contributed by atoms with Crippen molar-refractivity contribution in [3.63, 3.8) is 0 Å². The van der Waals surface area contributed by atoms with Crippen LogP contribution in [-0.4, -0.2) is 56.5 Å². The summed E-state index contributed by atoms with van der Waals surface area (Å²) in [5.41, 5.74) is 2.92. The zero-order valence-electron chi connectivity index (χ0n) is 15.6. The van der Waals surface area contributed by atoms with Crippen LogP contribution in [0.3, 0.4) is 0 Å². The predicted molar refractivity (Wildman–Crippen MR) is 104 cm³/mol. The molecule has 6 heteroatoms. The van der Waals surface area contributed by atoms with Crippen LogP contribution in [0, 0.1) is 5.41 Å². The zero-order chi connectivity index (χ0) is 18.0. The van der Waals surface area contributed by atoms with Gasteiger partial charge in [-0.25, -0.2) is 0 Å². The molecule has 0 unspecified atom stereocenters. The Morgan fingerprint density at radius 2 is 2.04 bits per heavy atom. The first-order valence-corrected chi connectivity index (χ1v) is 9.74. The van der Waals surface area contributed by atoms with Gasteiger partial charge in [0.2, 0.25) is 5.91 Å². The van der Waals surface area contributed by atoms with Gasteiger partial charge in [-0.05, 0) is 42.4 Å². The Balaban J connectivity index is 1.31. The monoisotopic (exact) mass is 355 g/mol. The van der Waals surface area contributed by atoms with E-state index >= 15 is 0 Å². The van der Waals surface area contributed by atoms with Crippen molar-refractivity contribution in [3.05, 3.63) is 29.8 Å². The Labute approximate surface area is 155 Å². The van der Waals surface area contributed by atoms with Crippen LogP contribution in [0.25, 0.3) is 0 Å². The minimum absolute atomic E-state index is 0.0978. The van der Waals surface area contributed by atoms with Crippen molar-refractivity contribution in [2.45, 2.75) is 32.2 Å². The van der Waals surface area contributed by atoms with E-state index in [-0.39, 0.29) is 5.91 Å². The molecule has 6 nitrogen and oxygen atoms in total. The van der Waals surface area contributed by atoms with Crippen molar-refractivity contribution >= 4 is 17.6 Å². The molecule has 0 bridgehead atoms. The minimum Gasteiger partial charge on any atom is -0.360 e. The highest BCUT2D eigenvalue weighted by atomic mass is 16.2. The van der Waals surface area contributed by atoms with Crippen LogP contribution < -0.4 is 15.5 Å². The van der Waals surface area contributed by atoms with E-state index < -0.39 is 0 Å². The molecule has 0 aromatic heterocycles. The highest BCUT2D eigenvalue weighted by molar-refractivity contribution is 5.82. The van der Waals surface area contributed by atoms with E-state index in [1.165, 1.54) is 31.2 Å². The van der Waals surface area contributed by atoms with Crippen LogP contribution in [0.5, 0.6) is 0 Å². The summed E-state index contributed by atoms with van der Waals surface area (Å²) in [6.45, 7) is 5.08. The number of anilines is 1. The second-order valence-electron chi connectivity index (χ2n) is 7.86. The van der Waals surface area contributed by atoms with E-state index in [9.17, 15) is 4.79 Å². The smallest absolute Gasteiger partial charge is 0.239 e. The lowest BCUT2D eigenvalue weighted by atomic mass is 9.68. The molecule has 1 aromatic rings. The van der Waals surface area contributed by atoms with Crippen LogP contribution in [0.2, 0.25) is 0 Å². The minimum atomic E-state index is 0.0978. The van der Waals surface area contributed by atoms with E-state index in [0.29, 0.717) is 12.0 Å². The highest BCUT2D eigenvalue weighted by Gasteiger charge is 2.43. The molecule has 2 N–H and O–H groups in total. The number of piperazine rings is 1. The average Bonchev–Trinajstić information content (AvgIpc) is 3.09. The number of aliphatic imine (C=N–C) groups is 1. The van der Waals surface area contributed by atoms with E-state index in [1.54, 1.807) is 0 Å². The number of guanidine groups is 1. The van der Waals surface area contributed by atoms with Crippen molar-refractivity contribution < 1.29 is 4.79 Å². The topological polar surface area (TPSA) is 60.0 Å². The third-order valence-electron chi connectivity index (χ3n) is 6.15. The molecule has 140 valence electrons.